The Labute approximate surface area is 109 Å². The molecule has 0 aromatic heterocycles. The lowest BCUT2D eigenvalue weighted by Crippen LogP contribution is -2.38. The minimum atomic E-state index is -1.35. The number of carbonyl (C=O) groups excluding carboxylic acids is 1. The predicted octanol–water partition coefficient (Wildman–Crippen LogP) is 1.54. The van der Waals surface area contributed by atoms with Crippen LogP contribution in [0.4, 0.5) is 0 Å². The van der Waals surface area contributed by atoms with Gasteiger partial charge in [-0.05, 0) is 11.6 Å². The summed E-state index contributed by atoms with van der Waals surface area (Å²) < 4.78 is 10.8. The number of hydrogen-bond acceptors (Lipinski definition) is 4. The van der Waals surface area contributed by atoms with Gasteiger partial charge in [-0.25, -0.2) is 4.79 Å². The van der Waals surface area contributed by atoms with Gasteiger partial charge in [-0.15, -0.1) is 11.6 Å². The zero-order chi connectivity index (χ0) is 12.8. The molecule has 1 aromatic carbocycles. The highest BCUT2D eigenvalue weighted by Crippen LogP contribution is 2.46. The average molecular weight is 267 g/mol. The highest BCUT2D eigenvalue weighted by molar-refractivity contribution is 6.22. The van der Waals surface area contributed by atoms with Crippen LogP contribution in [0.5, 0.6) is 0 Å². The second-order valence-electron chi connectivity index (χ2n) is 4.32. The minimum absolute atomic E-state index is 0.512. The smallest absolute Gasteiger partial charge is 0.333 e. The Morgan fingerprint density at radius 1 is 1.28 bits per heavy atom. The summed E-state index contributed by atoms with van der Waals surface area (Å²) in [6.45, 7) is 0. The first-order chi connectivity index (χ1) is 8.62. The summed E-state index contributed by atoms with van der Waals surface area (Å²) in [6.07, 6.45) is 1.17. The topological polar surface area (TPSA) is 55.8 Å². The van der Waals surface area contributed by atoms with Gasteiger partial charge >= 0.3 is 5.97 Å². The summed E-state index contributed by atoms with van der Waals surface area (Å²) in [6, 6.07) is 9.22. The number of aliphatic hydroxyl groups is 1. The Bertz CT molecular complexity index is 501. The van der Waals surface area contributed by atoms with Gasteiger partial charge in [0.2, 0.25) is 0 Å². The number of alkyl halides is 1. The van der Waals surface area contributed by atoms with E-state index in [4.69, 9.17) is 21.1 Å². The summed E-state index contributed by atoms with van der Waals surface area (Å²) in [5, 5.41) is 9.31. The molecule has 1 spiro atoms. The monoisotopic (exact) mass is 266 g/mol. The van der Waals surface area contributed by atoms with E-state index in [1.807, 2.05) is 30.3 Å². The van der Waals surface area contributed by atoms with Gasteiger partial charge < -0.3 is 14.6 Å². The summed E-state index contributed by atoms with van der Waals surface area (Å²) in [5.41, 5.74) is 0.795. The highest BCUT2D eigenvalue weighted by Gasteiger charge is 2.57. The second kappa shape index (κ2) is 4.09. The lowest BCUT2D eigenvalue weighted by Gasteiger charge is -2.23. The van der Waals surface area contributed by atoms with E-state index in [9.17, 15) is 9.90 Å². The standard InChI is InChI=1S/C13H11ClO4/c14-12-10(16)11(8-4-2-1-3-5-8)18-13(12)7-6-9(15)17-13/h1-7,10-12,16H/t10-,11-,12+,13-/m1/s1. The number of benzene rings is 1. The molecule has 2 heterocycles. The SMILES string of the molecule is O=C1C=C[C@@]2(O1)O[C@H](c1ccccc1)[C@@H](O)[C@@H]2Cl. The number of halogens is 1. The second-order valence-corrected chi connectivity index (χ2v) is 4.79. The quantitative estimate of drug-likeness (QED) is 0.619. The molecule has 5 heteroatoms. The van der Waals surface area contributed by atoms with E-state index in [0.717, 1.165) is 5.56 Å². The van der Waals surface area contributed by atoms with Crippen molar-refractivity contribution in [2.45, 2.75) is 23.4 Å². The largest absolute Gasteiger partial charge is 0.424 e. The van der Waals surface area contributed by atoms with E-state index in [1.54, 1.807) is 0 Å². The van der Waals surface area contributed by atoms with Crippen LogP contribution in [0, 0.1) is 0 Å². The zero-order valence-corrected chi connectivity index (χ0v) is 10.1. The van der Waals surface area contributed by atoms with Crippen molar-refractivity contribution in [1.29, 1.82) is 0 Å². The average Bonchev–Trinajstić information content (AvgIpc) is 2.88. The minimum Gasteiger partial charge on any atom is -0.424 e. The summed E-state index contributed by atoms with van der Waals surface area (Å²) in [4.78, 5) is 11.2. The summed E-state index contributed by atoms with van der Waals surface area (Å²) >= 11 is 6.13. The third-order valence-electron chi connectivity index (χ3n) is 3.15. The maximum atomic E-state index is 11.2. The number of rotatable bonds is 1. The molecule has 0 bridgehead atoms. The third kappa shape index (κ3) is 1.65. The normalized spacial score (nSPS) is 38.3. The molecule has 1 fully saturated rings. The fourth-order valence-electron chi connectivity index (χ4n) is 2.25. The lowest BCUT2D eigenvalue weighted by atomic mass is 10.0. The number of ether oxygens (including phenoxy) is 2. The molecular weight excluding hydrogens is 256 g/mol. The molecule has 2 aliphatic heterocycles. The molecule has 1 saturated heterocycles. The first-order valence-electron chi connectivity index (χ1n) is 5.59. The maximum Gasteiger partial charge on any atom is 0.333 e. The van der Waals surface area contributed by atoms with E-state index in [-0.39, 0.29) is 0 Å². The lowest BCUT2D eigenvalue weighted by molar-refractivity contribution is -0.192. The van der Waals surface area contributed by atoms with Crippen molar-refractivity contribution in [3.8, 4) is 0 Å². The summed E-state index contributed by atoms with van der Waals surface area (Å²) in [7, 11) is 0. The van der Waals surface area contributed by atoms with Gasteiger partial charge in [-0.1, -0.05) is 30.3 Å². The van der Waals surface area contributed by atoms with Gasteiger partial charge in [0.1, 0.15) is 17.6 Å². The van der Waals surface area contributed by atoms with Crippen molar-refractivity contribution in [1.82, 2.24) is 0 Å². The van der Waals surface area contributed by atoms with Crippen molar-refractivity contribution < 1.29 is 19.4 Å². The first kappa shape index (κ1) is 11.7. The first-order valence-corrected chi connectivity index (χ1v) is 6.03. The Balaban J connectivity index is 1.93. The molecule has 0 saturated carbocycles. The molecule has 3 rings (SSSR count). The van der Waals surface area contributed by atoms with Crippen LogP contribution in [-0.4, -0.2) is 28.3 Å². The Morgan fingerprint density at radius 2 is 2.00 bits per heavy atom. The molecule has 0 unspecified atom stereocenters. The molecule has 4 nitrogen and oxygen atoms in total. The van der Waals surface area contributed by atoms with Crippen LogP contribution in [0.15, 0.2) is 42.5 Å². The van der Waals surface area contributed by atoms with Crippen LogP contribution in [0.2, 0.25) is 0 Å². The van der Waals surface area contributed by atoms with Crippen molar-refractivity contribution in [3.63, 3.8) is 0 Å². The van der Waals surface area contributed by atoms with Gasteiger partial charge in [0, 0.05) is 6.08 Å². The van der Waals surface area contributed by atoms with Crippen LogP contribution < -0.4 is 0 Å². The van der Waals surface area contributed by atoms with Crippen molar-refractivity contribution in [3.05, 3.63) is 48.0 Å². The van der Waals surface area contributed by atoms with Crippen molar-refractivity contribution >= 4 is 17.6 Å². The van der Waals surface area contributed by atoms with Crippen molar-refractivity contribution in [2.75, 3.05) is 0 Å². The number of esters is 1. The molecule has 0 amide bonds. The van der Waals surface area contributed by atoms with Gasteiger partial charge in [-0.3, -0.25) is 0 Å². The van der Waals surface area contributed by atoms with Crippen LogP contribution in [0.1, 0.15) is 11.7 Å². The van der Waals surface area contributed by atoms with Crippen LogP contribution in [0.25, 0.3) is 0 Å². The molecule has 0 radical (unpaired) electrons. The molecule has 18 heavy (non-hydrogen) atoms. The van der Waals surface area contributed by atoms with E-state index >= 15 is 0 Å². The molecule has 2 aliphatic rings. The van der Waals surface area contributed by atoms with E-state index in [2.05, 4.69) is 0 Å². The summed E-state index contributed by atoms with van der Waals surface area (Å²) in [5.74, 6) is -1.86. The third-order valence-corrected chi connectivity index (χ3v) is 3.71. The number of hydrogen-bond donors (Lipinski definition) is 1. The van der Waals surface area contributed by atoms with Gasteiger partial charge in [-0.2, -0.15) is 0 Å². The van der Waals surface area contributed by atoms with Gasteiger partial charge in [0.05, 0.1) is 0 Å². The predicted molar refractivity (Wildman–Crippen MR) is 63.9 cm³/mol. The molecule has 1 aromatic rings. The molecule has 94 valence electrons. The molecule has 0 aliphatic carbocycles. The fourth-order valence-corrected chi connectivity index (χ4v) is 2.55. The van der Waals surface area contributed by atoms with Gasteiger partial charge in [0.25, 0.3) is 5.79 Å². The maximum absolute atomic E-state index is 11.2. The number of aliphatic hydroxyl groups excluding tert-OH is 1. The Morgan fingerprint density at radius 3 is 2.61 bits per heavy atom. The van der Waals surface area contributed by atoms with Gasteiger partial charge in [0.15, 0.2) is 0 Å². The molecule has 4 atom stereocenters. The van der Waals surface area contributed by atoms with Crippen molar-refractivity contribution in [2.24, 2.45) is 0 Å². The Hall–Kier alpha value is -1.36. The van der Waals surface area contributed by atoms with Crippen LogP contribution in [0.3, 0.4) is 0 Å². The van der Waals surface area contributed by atoms with E-state index in [0.29, 0.717) is 0 Å². The number of carbonyl (C=O) groups is 1. The highest BCUT2D eigenvalue weighted by atomic mass is 35.5. The fraction of sp³-hybridized carbons (Fsp3) is 0.308. The Kier molecular flexibility index (Phi) is 2.66. The molecule has 1 N–H and O–H groups in total. The van der Waals surface area contributed by atoms with E-state index in [1.165, 1.54) is 12.2 Å². The van der Waals surface area contributed by atoms with Crippen LogP contribution >= 0.6 is 11.6 Å². The molecular formula is C13H11ClO4. The van der Waals surface area contributed by atoms with Crippen LogP contribution in [-0.2, 0) is 14.3 Å². The zero-order valence-electron chi connectivity index (χ0n) is 9.32. The van der Waals surface area contributed by atoms with E-state index < -0.39 is 29.3 Å².